The first-order valence-corrected chi connectivity index (χ1v) is 10.2. The topological polar surface area (TPSA) is 103 Å². The van der Waals surface area contributed by atoms with Gasteiger partial charge in [-0.25, -0.2) is 9.59 Å². The molecule has 0 radical (unpaired) electrons. The highest BCUT2D eigenvalue weighted by Crippen LogP contribution is 2.23. The average molecular weight is 438 g/mol. The van der Waals surface area contributed by atoms with E-state index in [1.165, 1.54) is 25.6 Å². The van der Waals surface area contributed by atoms with Crippen molar-refractivity contribution in [2.24, 2.45) is 0 Å². The fourth-order valence-corrected chi connectivity index (χ4v) is 2.97. The first kappa shape index (κ1) is 22.9. The zero-order chi connectivity index (χ0) is 23.3. The number of carbonyl (C=O) groups excluding carboxylic acids is 3. The minimum atomic E-state index is -1.32. The molecule has 0 atom stereocenters. The van der Waals surface area contributed by atoms with Crippen LogP contribution in [0, 0.1) is 13.8 Å². The number of cyclic esters (lactones) is 2. The standard InChI is InChI=1S/C24H26N2O6/c1-15-9-10-17(13-16(15)2)30-12-11-25-21(27)18-7-5-6-8-20(18)26-14-19-22(28)31-24(3,4)32-23(19)29/h5-10,13-14,26H,11-12H2,1-4H3,(H,25,27). The number of rotatable bonds is 7. The molecule has 2 aromatic rings. The van der Waals surface area contributed by atoms with Crippen molar-refractivity contribution in [3.8, 4) is 5.75 Å². The molecule has 2 aromatic carbocycles. The third-order valence-corrected chi connectivity index (χ3v) is 4.80. The van der Waals surface area contributed by atoms with Gasteiger partial charge in [0, 0.05) is 20.0 Å². The Hall–Kier alpha value is -3.81. The normalized spacial score (nSPS) is 14.8. The average Bonchev–Trinajstić information content (AvgIpc) is 2.72. The van der Waals surface area contributed by atoms with Gasteiger partial charge in [0.2, 0.25) is 0 Å². The highest BCUT2D eigenvalue weighted by molar-refractivity contribution is 6.15. The molecule has 0 aromatic heterocycles. The highest BCUT2D eigenvalue weighted by Gasteiger charge is 2.39. The number of hydrogen-bond donors (Lipinski definition) is 2. The van der Waals surface area contributed by atoms with Crippen molar-refractivity contribution >= 4 is 23.5 Å². The first-order chi connectivity index (χ1) is 15.2. The number of anilines is 1. The number of hydrogen-bond acceptors (Lipinski definition) is 7. The number of para-hydroxylation sites is 1. The summed E-state index contributed by atoms with van der Waals surface area (Å²) >= 11 is 0. The summed E-state index contributed by atoms with van der Waals surface area (Å²) < 4.78 is 15.8. The smallest absolute Gasteiger partial charge is 0.350 e. The molecule has 2 N–H and O–H groups in total. The van der Waals surface area contributed by atoms with Crippen LogP contribution in [0.4, 0.5) is 5.69 Å². The van der Waals surface area contributed by atoms with E-state index in [1.54, 1.807) is 24.3 Å². The van der Waals surface area contributed by atoms with Crippen molar-refractivity contribution in [1.82, 2.24) is 5.32 Å². The Kier molecular flexibility index (Phi) is 6.82. The van der Waals surface area contributed by atoms with Gasteiger partial charge in [0.15, 0.2) is 5.57 Å². The van der Waals surface area contributed by atoms with E-state index in [9.17, 15) is 14.4 Å². The Morgan fingerprint density at radius 1 is 1.03 bits per heavy atom. The van der Waals surface area contributed by atoms with E-state index in [0.29, 0.717) is 24.4 Å². The van der Waals surface area contributed by atoms with Crippen LogP contribution in [-0.2, 0) is 19.1 Å². The summed E-state index contributed by atoms with van der Waals surface area (Å²) in [5.74, 6) is -2.51. The number of amides is 1. The number of benzene rings is 2. The molecule has 0 bridgehead atoms. The lowest BCUT2D eigenvalue weighted by Gasteiger charge is -2.29. The van der Waals surface area contributed by atoms with Crippen LogP contribution in [0.3, 0.4) is 0 Å². The zero-order valence-corrected chi connectivity index (χ0v) is 18.5. The van der Waals surface area contributed by atoms with Crippen LogP contribution >= 0.6 is 0 Å². The summed E-state index contributed by atoms with van der Waals surface area (Å²) in [7, 11) is 0. The lowest BCUT2D eigenvalue weighted by molar-refractivity contribution is -0.222. The minimum Gasteiger partial charge on any atom is -0.492 e. The summed E-state index contributed by atoms with van der Waals surface area (Å²) in [6, 6.07) is 12.5. The monoisotopic (exact) mass is 438 g/mol. The van der Waals surface area contributed by atoms with Crippen molar-refractivity contribution in [3.63, 3.8) is 0 Å². The van der Waals surface area contributed by atoms with Gasteiger partial charge >= 0.3 is 11.9 Å². The largest absolute Gasteiger partial charge is 0.492 e. The van der Waals surface area contributed by atoms with Crippen LogP contribution in [0.25, 0.3) is 0 Å². The quantitative estimate of drug-likeness (QED) is 0.296. The number of aryl methyl sites for hydroxylation is 2. The molecular formula is C24H26N2O6. The Labute approximate surface area is 186 Å². The number of nitrogens with one attached hydrogen (secondary N) is 2. The molecule has 1 aliphatic heterocycles. The van der Waals surface area contributed by atoms with E-state index in [0.717, 1.165) is 11.3 Å². The van der Waals surface area contributed by atoms with E-state index in [2.05, 4.69) is 10.6 Å². The molecule has 8 heteroatoms. The van der Waals surface area contributed by atoms with Crippen LogP contribution < -0.4 is 15.4 Å². The summed E-state index contributed by atoms with van der Waals surface area (Å²) in [6.45, 7) is 7.58. The predicted molar refractivity (Wildman–Crippen MR) is 118 cm³/mol. The van der Waals surface area contributed by atoms with E-state index in [-0.39, 0.29) is 11.5 Å². The van der Waals surface area contributed by atoms with Gasteiger partial charge in [0.05, 0.1) is 17.8 Å². The number of carbonyl (C=O) groups is 3. The third kappa shape index (κ3) is 5.66. The van der Waals surface area contributed by atoms with Gasteiger partial charge in [-0.1, -0.05) is 18.2 Å². The van der Waals surface area contributed by atoms with Crippen molar-refractivity contribution < 1.29 is 28.6 Å². The zero-order valence-electron chi connectivity index (χ0n) is 18.5. The SMILES string of the molecule is Cc1ccc(OCCNC(=O)c2ccccc2NC=C2C(=O)OC(C)(C)OC2=O)cc1C. The molecule has 32 heavy (non-hydrogen) atoms. The molecule has 0 aliphatic carbocycles. The van der Waals surface area contributed by atoms with Crippen LogP contribution in [0.15, 0.2) is 54.2 Å². The second-order valence-electron chi connectivity index (χ2n) is 7.78. The molecule has 0 spiro atoms. The maximum atomic E-state index is 12.6. The Morgan fingerprint density at radius 2 is 1.72 bits per heavy atom. The molecular weight excluding hydrogens is 412 g/mol. The molecule has 1 heterocycles. The number of esters is 2. The molecule has 1 amide bonds. The molecule has 0 saturated carbocycles. The van der Waals surface area contributed by atoms with Gasteiger partial charge in [0.1, 0.15) is 12.4 Å². The molecule has 0 unspecified atom stereocenters. The van der Waals surface area contributed by atoms with Gasteiger partial charge in [-0.3, -0.25) is 4.79 Å². The van der Waals surface area contributed by atoms with Crippen LogP contribution in [0.1, 0.15) is 35.3 Å². The number of ether oxygens (including phenoxy) is 3. The van der Waals surface area contributed by atoms with Crippen molar-refractivity contribution in [2.75, 3.05) is 18.5 Å². The van der Waals surface area contributed by atoms with E-state index < -0.39 is 17.7 Å². The summed E-state index contributed by atoms with van der Waals surface area (Å²) in [6.07, 6.45) is 1.18. The fourth-order valence-electron chi connectivity index (χ4n) is 2.97. The van der Waals surface area contributed by atoms with Crippen LogP contribution in [-0.4, -0.2) is 36.8 Å². The first-order valence-electron chi connectivity index (χ1n) is 10.2. The van der Waals surface area contributed by atoms with Crippen molar-refractivity contribution in [3.05, 3.63) is 70.9 Å². The van der Waals surface area contributed by atoms with Crippen molar-refractivity contribution in [1.29, 1.82) is 0 Å². The molecule has 1 saturated heterocycles. The summed E-state index contributed by atoms with van der Waals surface area (Å²) in [4.78, 5) is 36.8. The van der Waals surface area contributed by atoms with E-state index in [1.807, 2.05) is 32.0 Å². The lowest BCUT2D eigenvalue weighted by Crippen LogP contribution is -2.42. The second kappa shape index (κ2) is 9.55. The summed E-state index contributed by atoms with van der Waals surface area (Å²) in [5, 5.41) is 5.62. The molecule has 3 rings (SSSR count). The Bertz CT molecular complexity index is 1050. The molecule has 8 nitrogen and oxygen atoms in total. The van der Waals surface area contributed by atoms with E-state index >= 15 is 0 Å². The fraction of sp³-hybridized carbons (Fsp3) is 0.292. The Balaban J connectivity index is 1.59. The van der Waals surface area contributed by atoms with Gasteiger partial charge in [0.25, 0.3) is 11.7 Å². The van der Waals surface area contributed by atoms with Gasteiger partial charge < -0.3 is 24.8 Å². The van der Waals surface area contributed by atoms with Crippen LogP contribution in [0.5, 0.6) is 5.75 Å². The maximum absolute atomic E-state index is 12.6. The summed E-state index contributed by atoms with van der Waals surface area (Å²) in [5.41, 5.74) is 2.78. The van der Waals surface area contributed by atoms with Gasteiger partial charge in [-0.15, -0.1) is 0 Å². The molecule has 1 aliphatic rings. The van der Waals surface area contributed by atoms with Crippen molar-refractivity contribution in [2.45, 2.75) is 33.5 Å². The van der Waals surface area contributed by atoms with E-state index in [4.69, 9.17) is 14.2 Å². The minimum absolute atomic E-state index is 0.290. The third-order valence-electron chi connectivity index (χ3n) is 4.80. The maximum Gasteiger partial charge on any atom is 0.350 e. The lowest BCUT2D eigenvalue weighted by atomic mass is 10.1. The highest BCUT2D eigenvalue weighted by atomic mass is 16.7. The van der Waals surface area contributed by atoms with Gasteiger partial charge in [-0.05, 0) is 49.2 Å². The van der Waals surface area contributed by atoms with Gasteiger partial charge in [-0.2, -0.15) is 0 Å². The second-order valence-corrected chi connectivity index (χ2v) is 7.78. The molecule has 1 fully saturated rings. The van der Waals surface area contributed by atoms with Crippen LogP contribution in [0.2, 0.25) is 0 Å². The predicted octanol–water partition coefficient (Wildman–Crippen LogP) is 3.24. The Morgan fingerprint density at radius 3 is 2.41 bits per heavy atom. The molecule has 168 valence electrons.